The third kappa shape index (κ3) is 3.30. The highest BCUT2D eigenvalue weighted by Gasteiger charge is 2.41. The van der Waals surface area contributed by atoms with Crippen molar-refractivity contribution in [1.29, 1.82) is 0 Å². The van der Waals surface area contributed by atoms with Crippen LogP contribution in [-0.4, -0.2) is 17.3 Å². The normalized spacial score (nSPS) is 19.6. The number of ketones is 3. The molecule has 0 radical (unpaired) electrons. The highest BCUT2D eigenvalue weighted by molar-refractivity contribution is 6.27. The molecular formula is C19H17F3O3. The smallest absolute Gasteiger partial charge is 0.300 e. The van der Waals surface area contributed by atoms with Gasteiger partial charge in [0.1, 0.15) is 5.78 Å². The Morgan fingerprint density at radius 3 is 2.16 bits per heavy atom. The third-order valence-corrected chi connectivity index (χ3v) is 4.79. The van der Waals surface area contributed by atoms with Gasteiger partial charge in [0.2, 0.25) is 0 Å². The molecule has 2 aliphatic rings. The van der Waals surface area contributed by atoms with Gasteiger partial charge in [-0.2, -0.15) is 13.2 Å². The van der Waals surface area contributed by atoms with Crippen LogP contribution in [0.2, 0.25) is 0 Å². The Morgan fingerprint density at radius 1 is 0.760 bits per heavy atom. The van der Waals surface area contributed by atoms with Gasteiger partial charge in [-0.25, -0.2) is 0 Å². The van der Waals surface area contributed by atoms with E-state index in [4.69, 9.17) is 0 Å². The molecule has 1 aromatic carbocycles. The number of Topliss-reactive ketones (excluding diaryl/α,β-unsaturated/α-hetero) is 3. The van der Waals surface area contributed by atoms with Crippen LogP contribution in [0.25, 0.3) is 0 Å². The molecule has 0 fully saturated rings. The van der Waals surface area contributed by atoms with E-state index >= 15 is 0 Å². The fourth-order valence-corrected chi connectivity index (χ4v) is 3.53. The first kappa shape index (κ1) is 17.6. The molecule has 132 valence electrons. The number of carbonyl (C=O) groups is 3. The Hall–Kier alpha value is -2.24. The van der Waals surface area contributed by atoms with Gasteiger partial charge in [-0.1, -0.05) is 18.6 Å². The Labute approximate surface area is 142 Å². The second-order valence-corrected chi connectivity index (χ2v) is 6.44. The second-order valence-electron chi connectivity index (χ2n) is 6.44. The molecule has 25 heavy (non-hydrogen) atoms. The van der Waals surface area contributed by atoms with E-state index in [-0.39, 0.29) is 35.3 Å². The van der Waals surface area contributed by atoms with Gasteiger partial charge in [-0.05, 0) is 31.7 Å². The van der Waals surface area contributed by atoms with Crippen LogP contribution >= 0.6 is 0 Å². The van der Waals surface area contributed by atoms with E-state index in [1.807, 2.05) is 0 Å². The number of halogens is 3. The summed E-state index contributed by atoms with van der Waals surface area (Å²) in [5.74, 6) is -1.29. The Balaban J connectivity index is 2.13. The summed E-state index contributed by atoms with van der Waals surface area (Å²) in [6.07, 6.45) is -1.70. The molecule has 0 heterocycles. The largest absolute Gasteiger partial charge is 0.417 e. The molecule has 6 heteroatoms. The van der Waals surface area contributed by atoms with Gasteiger partial charge in [0.05, 0.1) is 5.56 Å². The first-order valence-electron chi connectivity index (χ1n) is 8.34. The standard InChI is InChI=1S/C19H17F3O3/c20-19(21,22)15-8-4-7-14-16(15)18(25)13-10-9-11(23)5-2-1-3-6-12(13)17(14)24/h4,7-8H,1-3,5-6,9-10H2. The van der Waals surface area contributed by atoms with Crippen LogP contribution < -0.4 is 0 Å². The van der Waals surface area contributed by atoms with E-state index in [0.717, 1.165) is 25.0 Å². The van der Waals surface area contributed by atoms with Gasteiger partial charge >= 0.3 is 6.18 Å². The summed E-state index contributed by atoms with van der Waals surface area (Å²) in [4.78, 5) is 37.4. The lowest BCUT2D eigenvalue weighted by molar-refractivity contribution is -0.138. The van der Waals surface area contributed by atoms with Gasteiger partial charge in [0.25, 0.3) is 0 Å². The van der Waals surface area contributed by atoms with Gasteiger partial charge in [0, 0.05) is 35.1 Å². The minimum Gasteiger partial charge on any atom is -0.300 e. The van der Waals surface area contributed by atoms with Gasteiger partial charge in [0.15, 0.2) is 11.6 Å². The molecule has 0 atom stereocenters. The van der Waals surface area contributed by atoms with Crippen LogP contribution in [0, 0.1) is 0 Å². The van der Waals surface area contributed by atoms with Crippen molar-refractivity contribution in [1.82, 2.24) is 0 Å². The maximum atomic E-state index is 13.3. The molecule has 0 saturated heterocycles. The summed E-state index contributed by atoms with van der Waals surface area (Å²) in [6, 6.07) is 3.25. The number of hydrogen-bond donors (Lipinski definition) is 0. The number of fused-ring (bicyclic) bond motifs is 1. The van der Waals surface area contributed by atoms with Crippen molar-refractivity contribution in [2.45, 2.75) is 51.1 Å². The van der Waals surface area contributed by atoms with E-state index in [9.17, 15) is 27.6 Å². The van der Waals surface area contributed by atoms with Crippen LogP contribution in [-0.2, 0) is 11.0 Å². The zero-order valence-corrected chi connectivity index (χ0v) is 13.5. The molecule has 0 unspecified atom stereocenters. The van der Waals surface area contributed by atoms with Crippen LogP contribution in [0.5, 0.6) is 0 Å². The summed E-state index contributed by atoms with van der Waals surface area (Å²) in [7, 11) is 0. The molecule has 0 amide bonds. The van der Waals surface area contributed by atoms with Crippen molar-refractivity contribution in [2.75, 3.05) is 0 Å². The predicted molar refractivity (Wildman–Crippen MR) is 84.5 cm³/mol. The average Bonchev–Trinajstić information content (AvgIpc) is 2.56. The second kappa shape index (κ2) is 6.58. The fourth-order valence-electron chi connectivity index (χ4n) is 3.53. The number of allylic oxidation sites excluding steroid dienone is 2. The molecular weight excluding hydrogens is 333 g/mol. The number of alkyl halides is 3. The highest BCUT2D eigenvalue weighted by Crippen LogP contribution is 2.39. The highest BCUT2D eigenvalue weighted by atomic mass is 19.4. The number of benzene rings is 1. The number of rotatable bonds is 0. The van der Waals surface area contributed by atoms with Crippen molar-refractivity contribution in [3.8, 4) is 0 Å². The molecule has 0 spiro atoms. The Kier molecular flexibility index (Phi) is 4.62. The van der Waals surface area contributed by atoms with Crippen LogP contribution in [0.15, 0.2) is 29.3 Å². The minimum absolute atomic E-state index is 0.0242. The van der Waals surface area contributed by atoms with Crippen molar-refractivity contribution >= 4 is 17.3 Å². The van der Waals surface area contributed by atoms with E-state index in [1.165, 1.54) is 6.07 Å². The average molecular weight is 350 g/mol. The molecule has 1 aromatic rings. The topological polar surface area (TPSA) is 51.2 Å². The first-order chi connectivity index (χ1) is 11.8. The maximum Gasteiger partial charge on any atom is 0.417 e. The van der Waals surface area contributed by atoms with E-state index in [1.54, 1.807) is 0 Å². The van der Waals surface area contributed by atoms with Gasteiger partial charge < -0.3 is 0 Å². The quantitative estimate of drug-likeness (QED) is 0.682. The molecule has 0 aliphatic heterocycles. The Bertz CT molecular complexity index is 788. The Morgan fingerprint density at radius 2 is 1.44 bits per heavy atom. The van der Waals surface area contributed by atoms with Crippen LogP contribution in [0.3, 0.4) is 0 Å². The van der Waals surface area contributed by atoms with Crippen LogP contribution in [0.4, 0.5) is 13.2 Å². The maximum absolute atomic E-state index is 13.3. The van der Waals surface area contributed by atoms with Crippen molar-refractivity contribution in [2.24, 2.45) is 0 Å². The number of hydrogen-bond acceptors (Lipinski definition) is 3. The van der Waals surface area contributed by atoms with Gasteiger partial charge in [-0.3, -0.25) is 14.4 Å². The van der Waals surface area contributed by atoms with Crippen molar-refractivity contribution in [3.63, 3.8) is 0 Å². The molecule has 0 aromatic heterocycles. The van der Waals surface area contributed by atoms with Gasteiger partial charge in [-0.15, -0.1) is 0 Å². The fraction of sp³-hybridized carbons (Fsp3) is 0.421. The summed E-state index contributed by atoms with van der Waals surface area (Å²) in [5, 5.41) is 0. The summed E-state index contributed by atoms with van der Waals surface area (Å²) >= 11 is 0. The molecule has 0 N–H and O–H groups in total. The third-order valence-electron chi connectivity index (χ3n) is 4.79. The SMILES string of the molecule is O=C1CCCCCC2=C(CC1)C(=O)c1c(cccc1C(F)(F)F)C2=O. The summed E-state index contributed by atoms with van der Waals surface area (Å²) < 4.78 is 39.9. The lowest BCUT2D eigenvalue weighted by atomic mass is 9.78. The first-order valence-corrected chi connectivity index (χ1v) is 8.34. The van der Waals surface area contributed by atoms with Crippen molar-refractivity contribution in [3.05, 3.63) is 46.0 Å². The zero-order valence-electron chi connectivity index (χ0n) is 13.5. The van der Waals surface area contributed by atoms with Crippen molar-refractivity contribution < 1.29 is 27.6 Å². The molecule has 0 bridgehead atoms. The monoisotopic (exact) mass is 350 g/mol. The molecule has 0 saturated carbocycles. The zero-order chi connectivity index (χ0) is 18.2. The predicted octanol–water partition coefficient (Wildman–Crippen LogP) is 4.69. The van der Waals surface area contributed by atoms with E-state index in [0.29, 0.717) is 19.3 Å². The summed E-state index contributed by atoms with van der Waals surface area (Å²) in [6.45, 7) is 0. The van der Waals surface area contributed by atoms with E-state index < -0.39 is 28.9 Å². The molecule has 2 aliphatic carbocycles. The lowest BCUT2D eigenvalue weighted by Crippen LogP contribution is -2.26. The summed E-state index contributed by atoms with van der Waals surface area (Å²) in [5.41, 5.74) is -1.46. The molecule has 3 rings (SSSR count). The number of carbonyl (C=O) groups excluding carboxylic acids is 3. The lowest BCUT2D eigenvalue weighted by Gasteiger charge is -2.24. The minimum atomic E-state index is -4.72. The molecule has 3 nitrogen and oxygen atoms in total. The van der Waals surface area contributed by atoms with Crippen LogP contribution in [0.1, 0.15) is 71.2 Å². The van der Waals surface area contributed by atoms with E-state index in [2.05, 4.69) is 0 Å².